The fraction of sp³-hybridized carbons (Fsp3) is 0.562. The van der Waals surface area contributed by atoms with E-state index >= 15 is 0 Å². The van der Waals surface area contributed by atoms with Gasteiger partial charge in [-0.3, -0.25) is 5.43 Å². The van der Waals surface area contributed by atoms with Gasteiger partial charge in [0.25, 0.3) is 0 Å². The molecule has 1 heterocycles. The van der Waals surface area contributed by atoms with Gasteiger partial charge in [0.2, 0.25) is 0 Å². The van der Waals surface area contributed by atoms with Crippen LogP contribution in [0.1, 0.15) is 31.2 Å². The Hall–Kier alpha value is -1.62. The zero-order valence-electron chi connectivity index (χ0n) is 11.8. The lowest BCUT2D eigenvalue weighted by atomic mass is 9.60. The molecular formula is C16H19FN4. The zero-order chi connectivity index (χ0) is 14.0. The van der Waals surface area contributed by atoms with E-state index < -0.39 is 0 Å². The number of nitrogens with zero attached hydrogens (tertiary/aromatic N) is 1. The molecule has 1 aliphatic heterocycles. The molecule has 0 spiro atoms. The molecule has 21 heavy (non-hydrogen) atoms. The summed E-state index contributed by atoms with van der Waals surface area (Å²) in [6, 6.07) is 7.11. The van der Waals surface area contributed by atoms with Crippen molar-refractivity contribution in [3.8, 4) is 0 Å². The lowest BCUT2D eigenvalue weighted by molar-refractivity contribution is 0.206. The molecule has 1 aromatic carbocycles. The Bertz CT molecular complexity index is 609. The van der Waals surface area contributed by atoms with Crippen molar-refractivity contribution in [2.45, 2.75) is 31.1 Å². The molecule has 0 radical (unpaired) electrons. The van der Waals surface area contributed by atoms with Gasteiger partial charge in [0, 0.05) is 0 Å². The van der Waals surface area contributed by atoms with E-state index in [1.54, 1.807) is 12.1 Å². The molecule has 4 aliphatic carbocycles. The second kappa shape index (κ2) is 3.97. The summed E-state index contributed by atoms with van der Waals surface area (Å²) in [7, 11) is 0. The van der Waals surface area contributed by atoms with Crippen LogP contribution in [0.4, 0.5) is 4.39 Å². The SMILES string of the molecule is Fc1ccc(C2(C3=NNNN3)C3CC4CC(C3)C2C4)cc1. The number of benzene rings is 1. The minimum Gasteiger partial charge on any atom is -0.288 e. The maximum absolute atomic E-state index is 13.4. The Kier molecular flexibility index (Phi) is 2.27. The van der Waals surface area contributed by atoms with Crippen molar-refractivity contribution in [2.24, 2.45) is 28.8 Å². The molecule has 4 saturated carbocycles. The first kappa shape index (κ1) is 12.0. The second-order valence-corrected chi connectivity index (χ2v) is 7.07. The Morgan fingerprint density at radius 3 is 2.67 bits per heavy atom. The van der Waals surface area contributed by atoms with E-state index in [4.69, 9.17) is 0 Å². The van der Waals surface area contributed by atoms with E-state index in [0.29, 0.717) is 11.8 Å². The van der Waals surface area contributed by atoms with Crippen molar-refractivity contribution in [3.63, 3.8) is 0 Å². The highest BCUT2D eigenvalue weighted by Gasteiger charge is 2.65. The Morgan fingerprint density at radius 2 is 1.95 bits per heavy atom. The summed E-state index contributed by atoms with van der Waals surface area (Å²) < 4.78 is 13.4. The first-order valence-corrected chi connectivity index (χ1v) is 7.88. The van der Waals surface area contributed by atoms with E-state index in [1.165, 1.54) is 31.2 Å². The van der Waals surface area contributed by atoms with Crippen LogP contribution >= 0.6 is 0 Å². The maximum atomic E-state index is 13.4. The Morgan fingerprint density at radius 1 is 1.10 bits per heavy atom. The highest BCUT2D eigenvalue weighted by molar-refractivity contribution is 5.95. The van der Waals surface area contributed by atoms with E-state index in [-0.39, 0.29) is 11.2 Å². The highest BCUT2D eigenvalue weighted by Crippen LogP contribution is 2.67. The number of hydrogen-bond donors (Lipinski definition) is 3. The molecule has 5 aliphatic rings. The third-order valence-electron chi connectivity index (χ3n) is 6.34. The first-order valence-electron chi connectivity index (χ1n) is 7.88. The van der Waals surface area contributed by atoms with Gasteiger partial charge in [-0.05, 0) is 67.1 Å². The van der Waals surface area contributed by atoms with Crippen LogP contribution in [-0.2, 0) is 5.41 Å². The van der Waals surface area contributed by atoms with Crippen molar-refractivity contribution in [3.05, 3.63) is 35.6 Å². The van der Waals surface area contributed by atoms with Gasteiger partial charge in [0.15, 0.2) is 5.84 Å². The van der Waals surface area contributed by atoms with Gasteiger partial charge in [-0.15, -0.1) is 10.6 Å². The summed E-state index contributed by atoms with van der Waals surface area (Å²) in [6.45, 7) is 0. The summed E-state index contributed by atoms with van der Waals surface area (Å²) in [6.07, 6.45) is 5.24. The topological polar surface area (TPSA) is 48.5 Å². The average Bonchev–Trinajstić information content (AvgIpc) is 3.15. The van der Waals surface area contributed by atoms with Gasteiger partial charge < -0.3 is 0 Å². The molecule has 1 aromatic rings. The van der Waals surface area contributed by atoms with Crippen LogP contribution in [0.2, 0.25) is 0 Å². The molecule has 5 heteroatoms. The first-order chi connectivity index (χ1) is 10.3. The average molecular weight is 286 g/mol. The molecule has 6 rings (SSSR count). The van der Waals surface area contributed by atoms with E-state index in [0.717, 1.165) is 17.7 Å². The number of halogens is 1. The van der Waals surface area contributed by atoms with Crippen LogP contribution in [0, 0.1) is 29.5 Å². The van der Waals surface area contributed by atoms with Crippen LogP contribution in [0.15, 0.2) is 29.4 Å². The van der Waals surface area contributed by atoms with Crippen molar-refractivity contribution < 1.29 is 4.39 Å². The maximum Gasteiger partial charge on any atom is 0.150 e. The second-order valence-electron chi connectivity index (χ2n) is 7.07. The minimum atomic E-state index is -0.168. The molecule has 3 N–H and O–H groups in total. The van der Waals surface area contributed by atoms with Gasteiger partial charge in [0.05, 0.1) is 5.41 Å². The number of nitrogens with one attached hydrogen (secondary N) is 3. The molecular weight excluding hydrogens is 267 g/mol. The quantitative estimate of drug-likeness (QED) is 0.780. The molecule has 110 valence electrons. The van der Waals surface area contributed by atoms with Gasteiger partial charge in [-0.25, -0.2) is 9.93 Å². The summed E-state index contributed by atoms with van der Waals surface area (Å²) in [5, 5.41) is 4.47. The van der Waals surface area contributed by atoms with Gasteiger partial charge >= 0.3 is 0 Å². The molecule has 0 aromatic heterocycles. The number of hydrazine groups is 2. The van der Waals surface area contributed by atoms with Crippen molar-refractivity contribution in [2.75, 3.05) is 0 Å². The Balaban J connectivity index is 1.70. The molecule has 4 bridgehead atoms. The normalized spacial score (nSPS) is 42.8. The van der Waals surface area contributed by atoms with E-state index in [1.807, 2.05) is 12.1 Å². The monoisotopic (exact) mass is 286 g/mol. The van der Waals surface area contributed by atoms with E-state index in [2.05, 4.69) is 21.6 Å². The third kappa shape index (κ3) is 1.40. The predicted molar refractivity (Wildman–Crippen MR) is 77.3 cm³/mol. The highest BCUT2D eigenvalue weighted by atomic mass is 19.1. The molecule has 5 unspecified atom stereocenters. The number of hydrogen-bond acceptors (Lipinski definition) is 4. The van der Waals surface area contributed by atoms with Crippen LogP contribution in [0.25, 0.3) is 0 Å². The number of rotatable bonds is 2. The van der Waals surface area contributed by atoms with Crippen LogP contribution in [0.3, 0.4) is 0 Å². The van der Waals surface area contributed by atoms with Crippen molar-refractivity contribution in [1.29, 1.82) is 0 Å². The third-order valence-corrected chi connectivity index (χ3v) is 6.34. The van der Waals surface area contributed by atoms with Crippen LogP contribution in [-0.4, -0.2) is 5.84 Å². The van der Waals surface area contributed by atoms with Crippen molar-refractivity contribution >= 4 is 5.84 Å². The fourth-order valence-corrected chi connectivity index (χ4v) is 5.87. The summed E-state index contributed by atoms with van der Waals surface area (Å²) >= 11 is 0. The molecule has 0 saturated heterocycles. The minimum absolute atomic E-state index is 0.0676. The summed E-state index contributed by atoms with van der Waals surface area (Å²) in [5.74, 6) is 3.79. The molecule has 5 atom stereocenters. The number of amidine groups is 1. The van der Waals surface area contributed by atoms with Crippen LogP contribution in [0.5, 0.6) is 0 Å². The molecule has 0 amide bonds. The fourth-order valence-electron chi connectivity index (χ4n) is 5.87. The van der Waals surface area contributed by atoms with Gasteiger partial charge in [0.1, 0.15) is 5.82 Å². The largest absolute Gasteiger partial charge is 0.288 e. The Labute approximate surface area is 123 Å². The van der Waals surface area contributed by atoms with E-state index in [9.17, 15) is 4.39 Å². The zero-order valence-corrected chi connectivity index (χ0v) is 11.8. The predicted octanol–water partition coefficient (Wildman–Crippen LogP) is 2.06. The van der Waals surface area contributed by atoms with Gasteiger partial charge in [-0.1, -0.05) is 12.1 Å². The van der Waals surface area contributed by atoms with Crippen LogP contribution < -0.4 is 16.5 Å². The summed E-state index contributed by atoms with van der Waals surface area (Å²) in [5.41, 5.74) is 10.1. The molecule has 4 fully saturated rings. The smallest absolute Gasteiger partial charge is 0.150 e. The number of hydrazone groups is 1. The van der Waals surface area contributed by atoms with Gasteiger partial charge in [-0.2, -0.15) is 0 Å². The summed E-state index contributed by atoms with van der Waals surface area (Å²) in [4.78, 5) is 0. The van der Waals surface area contributed by atoms with Crippen molar-refractivity contribution in [1.82, 2.24) is 16.5 Å². The lowest BCUT2D eigenvalue weighted by Crippen LogP contribution is -2.53. The lowest BCUT2D eigenvalue weighted by Gasteiger charge is -2.44. The molecule has 4 nitrogen and oxygen atoms in total. The standard InChI is InChI=1S/C16H19FN4/c17-13-3-1-11(2-4-13)16(15-18-20-21-19-15)12-6-9-5-10(8-12)14(16)7-9/h1-4,9-10,12,14,20-21H,5-8H2,(H,18,19).